The molecule has 32 heavy (non-hydrogen) atoms. The van der Waals surface area contributed by atoms with Crippen molar-refractivity contribution in [1.29, 1.82) is 0 Å². The van der Waals surface area contributed by atoms with Gasteiger partial charge in [-0.2, -0.15) is 5.10 Å². The van der Waals surface area contributed by atoms with E-state index in [-0.39, 0.29) is 6.04 Å². The van der Waals surface area contributed by atoms with E-state index in [1.165, 1.54) is 16.7 Å². The van der Waals surface area contributed by atoms with Crippen molar-refractivity contribution in [2.45, 2.75) is 53.0 Å². The Labute approximate surface area is 191 Å². The molecule has 4 nitrogen and oxygen atoms in total. The molecule has 1 atom stereocenters. The molecule has 0 amide bonds. The molecular formula is C28H32N4. The van der Waals surface area contributed by atoms with Gasteiger partial charge in [-0.25, -0.2) is 4.68 Å². The largest absolute Gasteiger partial charge is 0.378 e. The first-order valence-corrected chi connectivity index (χ1v) is 11.4. The van der Waals surface area contributed by atoms with Crippen molar-refractivity contribution < 1.29 is 0 Å². The first-order valence-electron chi connectivity index (χ1n) is 11.4. The van der Waals surface area contributed by atoms with Crippen LogP contribution < -0.4 is 5.32 Å². The summed E-state index contributed by atoms with van der Waals surface area (Å²) in [6.07, 6.45) is 11.3. The maximum atomic E-state index is 4.76. The highest BCUT2D eigenvalue weighted by molar-refractivity contribution is 5.84. The number of aryl methyl sites for hydroxylation is 2. The Bertz CT molecular complexity index is 1180. The third-order valence-electron chi connectivity index (χ3n) is 6.14. The van der Waals surface area contributed by atoms with Gasteiger partial charge in [-0.15, -0.1) is 0 Å². The molecule has 0 saturated carbocycles. The summed E-state index contributed by atoms with van der Waals surface area (Å²) in [7, 11) is 0. The van der Waals surface area contributed by atoms with Gasteiger partial charge in [0.1, 0.15) is 0 Å². The number of hydrogen-bond acceptors (Lipinski definition) is 3. The third kappa shape index (κ3) is 4.45. The van der Waals surface area contributed by atoms with E-state index in [2.05, 4.69) is 86.2 Å². The van der Waals surface area contributed by atoms with Crippen LogP contribution in [0.4, 0.5) is 0 Å². The fraction of sp³-hybridized carbons (Fsp3) is 0.286. The summed E-state index contributed by atoms with van der Waals surface area (Å²) in [5, 5.41) is 8.45. The molecule has 4 heteroatoms. The van der Waals surface area contributed by atoms with Crippen molar-refractivity contribution in [3.63, 3.8) is 0 Å². The number of aromatic nitrogens is 3. The molecule has 0 bridgehead atoms. The van der Waals surface area contributed by atoms with Gasteiger partial charge in [0.25, 0.3) is 0 Å². The van der Waals surface area contributed by atoms with E-state index >= 15 is 0 Å². The van der Waals surface area contributed by atoms with Crippen LogP contribution in [0.15, 0.2) is 72.7 Å². The van der Waals surface area contributed by atoms with Crippen LogP contribution >= 0.6 is 0 Å². The fourth-order valence-corrected chi connectivity index (χ4v) is 4.22. The lowest BCUT2D eigenvalue weighted by Crippen LogP contribution is -2.20. The molecule has 0 aliphatic heterocycles. The number of rotatable bonds is 7. The second kappa shape index (κ2) is 9.39. The minimum absolute atomic E-state index is 0.183. The van der Waals surface area contributed by atoms with Crippen molar-refractivity contribution in [2.24, 2.45) is 0 Å². The smallest absolute Gasteiger partial charge is 0.0747 e. The number of benzene rings is 1. The van der Waals surface area contributed by atoms with Crippen LogP contribution in [0.1, 0.15) is 67.2 Å². The normalized spacial score (nSPS) is 14.1. The SMILES string of the molecule is C=C(NC(CC)c1ccnc(C)c1)C1=CCC(CC)=Cc2c1cnn2-c1ccc(C)cc1. The fourth-order valence-electron chi connectivity index (χ4n) is 4.22. The Hall–Kier alpha value is -3.40. The molecule has 0 saturated heterocycles. The van der Waals surface area contributed by atoms with Gasteiger partial charge >= 0.3 is 0 Å². The van der Waals surface area contributed by atoms with Gasteiger partial charge in [-0.3, -0.25) is 4.98 Å². The maximum absolute atomic E-state index is 4.76. The molecule has 164 valence electrons. The lowest BCUT2D eigenvalue weighted by molar-refractivity contribution is 0.589. The van der Waals surface area contributed by atoms with Gasteiger partial charge in [-0.05, 0) is 69.0 Å². The molecule has 0 radical (unpaired) electrons. The summed E-state index contributed by atoms with van der Waals surface area (Å²) < 4.78 is 2.04. The van der Waals surface area contributed by atoms with Crippen molar-refractivity contribution in [2.75, 3.05) is 0 Å². The number of fused-ring (bicyclic) bond motifs is 1. The zero-order valence-electron chi connectivity index (χ0n) is 19.5. The van der Waals surface area contributed by atoms with Crippen molar-refractivity contribution in [3.05, 3.63) is 101 Å². The molecule has 3 aromatic rings. The molecule has 0 fully saturated rings. The van der Waals surface area contributed by atoms with E-state index in [0.717, 1.165) is 53.2 Å². The Kier molecular flexibility index (Phi) is 6.40. The monoisotopic (exact) mass is 424 g/mol. The highest BCUT2D eigenvalue weighted by Crippen LogP contribution is 2.34. The molecule has 2 heterocycles. The van der Waals surface area contributed by atoms with E-state index < -0.39 is 0 Å². The Morgan fingerprint density at radius 1 is 1.16 bits per heavy atom. The van der Waals surface area contributed by atoms with Gasteiger partial charge in [0.05, 0.1) is 23.6 Å². The average Bonchev–Trinajstić information content (AvgIpc) is 3.10. The Morgan fingerprint density at radius 2 is 1.94 bits per heavy atom. The second-order valence-corrected chi connectivity index (χ2v) is 8.48. The topological polar surface area (TPSA) is 42.7 Å². The molecule has 2 aromatic heterocycles. The molecule has 1 aliphatic rings. The molecular weight excluding hydrogens is 392 g/mol. The number of pyridine rings is 1. The van der Waals surface area contributed by atoms with E-state index in [1.54, 1.807) is 0 Å². The molecule has 1 N–H and O–H groups in total. The maximum Gasteiger partial charge on any atom is 0.0747 e. The number of allylic oxidation sites excluding steroid dienone is 3. The van der Waals surface area contributed by atoms with Crippen molar-refractivity contribution >= 4 is 11.6 Å². The van der Waals surface area contributed by atoms with Gasteiger partial charge in [-0.1, -0.05) is 49.8 Å². The van der Waals surface area contributed by atoms with Crippen LogP contribution in [0.3, 0.4) is 0 Å². The van der Waals surface area contributed by atoms with Gasteiger partial charge < -0.3 is 5.32 Å². The number of nitrogens with one attached hydrogen (secondary N) is 1. The molecule has 1 aromatic carbocycles. The van der Waals surface area contributed by atoms with Crippen LogP contribution in [-0.2, 0) is 0 Å². The Morgan fingerprint density at radius 3 is 2.62 bits per heavy atom. The lowest BCUT2D eigenvalue weighted by atomic mass is 10.0. The van der Waals surface area contributed by atoms with Crippen LogP contribution in [0, 0.1) is 13.8 Å². The quantitative estimate of drug-likeness (QED) is 0.458. The summed E-state index contributed by atoms with van der Waals surface area (Å²) in [4.78, 5) is 4.34. The Balaban J connectivity index is 1.69. The van der Waals surface area contributed by atoms with E-state index in [1.807, 2.05) is 24.0 Å². The zero-order chi connectivity index (χ0) is 22.7. The molecule has 4 rings (SSSR count). The average molecular weight is 425 g/mol. The van der Waals surface area contributed by atoms with Crippen molar-refractivity contribution in [1.82, 2.24) is 20.1 Å². The van der Waals surface area contributed by atoms with Crippen LogP contribution in [0.2, 0.25) is 0 Å². The molecule has 1 aliphatic carbocycles. The van der Waals surface area contributed by atoms with Crippen LogP contribution in [0.25, 0.3) is 17.3 Å². The van der Waals surface area contributed by atoms with E-state index in [4.69, 9.17) is 5.10 Å². The predicted molar refractivity (Wildman–Crippen MR) is 133 cm³/mol. The van der Waals surface area contributed by atoms with E-state index in [0.29, 0.717) is 0 Å². The first-order chi connectivity index (χ1) is 15.5. The highest BCUT2D eigenvalue weighted by atomic mass is 15.3. The van der Waals surface area contributed by atoms with Crippen LogP contribution in [0.5, 0.6) is 0 Å². The van der Waals surface area contributed by atoms with Gasteiger partial charge in [0, 0.05) is 28.7 Å². The summed E-state index contributed by atoms with van der Waals surface area (Å²) in [6.45, 7) is 13.0. The summed E-state index contributed by atoms with van der Waals surface area (Å²) in [5.41, 5.74) is 10.3. The summed E-state index contributed by atoms with van der Waals surface area (Å²) >= 11 is 0. The van der Waals surface area contributed by atoms with Crippen molar-refractivity contribution in [3.8, 4) is 5.69 Å². The number of hydrogen-bond donors (Lipinski definition) is 1. The predicted octanol–water partition coefficient (Wildman–Crippen LogP) is 6.72. The standard InChI is InChI=1S/C28H32N4/c1-6-22-10-13-25(21(5)31-27(7-2)23-14-15-29-20(4)16-23)26-18-30-32(28(26)17-22)24-11-8-19(3)9-12-24/h8-9,11-18,27,31H,5-7,10H2,1-4H3. The molecule has 1 unspecified atom stereocenters. The minimum atomic E-state index is 0.183. The lowest BCUT2D eigenvalue weighted by Gasteiger charge is -2.22. The summed E-state index contributed by atoms with van der Waals surface area (Å²) in [5.74, 6) is 0. The molecule has 0 spiro atoms. The third-order valence-corrected chi connectivity index (χ3v) is 6.14. The van der Waals surface area contributed by atoms with Crippen LogP contribution in [-0.4, -0.2) is 14.8 Å². The minimum Gasteiger partial charge on any atom is -0.378 e. The second-order valence-electron chi connectivity index (χ2n) is 8.48. The van der Waals surface area contributed by atoms with E-state index in [9.17, 15) is 0 Å². The zero-order valence-corrected chi connectivity index (χ0v) is 19.5. The number of nitrogens with zero attached hydrogens (tertiary/aromatic N) is 3. The highest BCUT2D eigenvalue weighted by Gasteiger charge is 2.21. The van der Waals surface area contributed by atoms with Gasteiger partial charge in [0.15, 0.2) is 0 Å². The first kappa shape index (κ1) is 21.8. The summed E-state index contributed by atoms with van der Waals surface area (Å²) in [6, 6.07) is 12.9. The van der Waals surface area contributed by atoms with Gasteiger partial charge in [0.2, 0.25) is 0 Å².